The third-order valence-corrected chi connectivity index (χ3v) is 3.58. The maximum Gasteiger partial charge on any atom is 0.340 e. The number of esters is 1. The number of ketones is 1. The zero-order valence-electron chi connectivity index (χ0n) is 13.3. The van der Waals surface area contributed by atoms with E-state index in [0.717, 1.165) is 0 Å². The molecule has 0 bridgehead atoms. The first-order chi connectivity index (χ1) is 11.9. The fourth-order valence-corrected chi connectivity index (χ4v) is 2.23. The number of halogens is 3. The Morgan fingerprint density at radius 3 is 2.32 bits per heavy atom. The fourth-order valence-electron chi connectivity index (χ4n) is 2.00. The van der Waals surface area contributed by atoms with Crippen LogP contribution in [0.15, 0.2) is 30.3 Å². The highest BCUT2D eigenvalue weighted by Gasteiger charge is 2.19. The normalized spacial score (nSPS) is 10.3. The summed E-state index contributed by atoms with van der Waals surface area (Å²) in [6.45, 7) is -0.641. The fraction of sp³-hybridized carbons (Fsp3) is 0.176. The summed E-state index contributed by atoms with van der Waals surface area (Å²) in [5, 5.41) is -0.324. The van der Waals surface area contributed by atoms with Crippen molar-refractivity contribution in [3.63, 3.8) is 0 Å². The van der Waals surface area contributed by atoms with Crippen molar-refractivity contribution in [1.82, 2.24) is 0 Å². The molecule has 5 nitrogen and oxygen atoms in total. The van der Waals surface area contributed by atoms with Gasteiger partial charge in [0.25, 0.3) is 0 Å². The number of methoxy groups -OCH3 is 2. The van der Waals surface area contributed by atoms with Crippen molar-refractivity contribution < 1.29 is 32.6 Å². The van der Waals surface area contributed by atoms with Gasteiger partial charge in [-0.25, -0.2) is 13.6 Å². The second-order valence-electron chi connectivity index (χ2n) is 4.81. The van der Waals surface area contributed by atoms with Gasteiger partial charge in [0.2, 0.25) is 5.78 Å². The number of carbonyl (C=O) groups excluding carboxylic acids is 2. The molecular weight excluding hydrogens is 358 g/mol. The van der Waals surface area contributed by atoms with Crippen LogP contribution in [-0.2, 0) is 4.74 Å². The van der Waals surface area contributed by atoms with E-state index in [2.05, 4.69) is 0 Å². The van der Waals surface area contributed by atoms with Crippen LogP contribution in [0, 0.1) is 11.6 Å². The summed E-state index contributed by atoms with van der Waals surface area (Å²) < 4.78 is 41.2. The average molecular weight is 371 g/mol. The Morgan fingerprint density at radius 2 is 1.68 bits per heavy atom. The van der Waals surface area contributed by atoms with Gasteiger partial charge in [-0.15, -0.1) is 0 Å². The van der Waals surface area contributed by atoms with Crippen molar-refractivity contribution in [2.24, 2.45) is 0 Å². The topological polar surface area (TPSA) is 61.8 Å². The minimum atomic E-state index is -1.25. The Bertz CT molecular complexity index is 823. The van der Waals surface area contributed by atoms with E-state index in [1.54, 1.807) is 6.07 Å². The van der Waals surface area contributed by atoms with Gasteiger partial charge in [-0.3, -0.25) is 4.79 Å². The average Bonchev–Trinajstić information content (AvgIpc) is 2.61. The molecule has 2 rings (SSSR count). The molecule has 0 heterocycles. The predicted molar refractivity (Wildman–Crippen MR) is 85.5 cm³/mol. The van der Waals surface area contributed by atoms with Gasteiger partial charge in [-0.2, -0.15) is 0 Å². The van der Waals surface area contributed by atoms with Crippen molar-refractivity contribution in [1.29, 1.82) is 0 Å². The molecular formula is C17H13ClF2O5. The van der Waals surface area contributed by atoms with Crippen molar-refractivity contribution in [2.45, 2.75) is 0 Å². The summed E-state index contributed by atoms with van der Waals surface area (Å²) in [6.07, 6.45) is 0. The Labute approximate surface area is 147 Å². The van der Waals surface area contributed by atoms with Crippen LogP contribution in [0.2, 0.25) is 5.02 Å². The molecule has 8 heteroatoms. The zero-order chi connectivity index (χ0) is 18.6. The molecule has 2 aromatic rings. The molecule has 0 aliphatic carbocycles. The Morgan fingerprint density at radius 1 is 1.00 bits per heavy atom. The Balaban J connectivity index is 2.15. The lowest BCUT2D eigenvalue weighted by atomic mass is 10.1. The third-order valence-electron chi connectivity index (χ3n) is 3.27. The van der Waals surface area contributed by atoms with E-state index < -0.39 is 30.0 Å². The van der Waals surface area contributed by atoms with Gasteiger partial charge in [-0.1, -0.05) is 11.6 Å². The molecule has 0 aliphatic heterocycles. The van der Waals surface area contributed by atoms with E-state index in [0.29, 0.717) is 17.9 Å². The molecule has 0 saturated heterocycles. The molecule has 0 aromatic heterocycles. The molecule has 25 heavy (non-hydrogen) atoms. The molecule has 0 radical (unpaired) electrons. The number of benzene rings is 2. The van der Waals surface area contributed by atoms with Crippen LogP contribution in [0.1, 0.15) is 20.7 Å². The zero-order valence-corrected chi connectivity index (χ0v) is 14.0. The number of ether oxygens (including phenoxy) is 3. The highest BCUT2D eigenvalue weighted by atomic mass is 35.5. The molecule has 0 unspecified atom stereocenters. The summed E-state index contributed by atoms with van der Waals surface area (Å²) in [4.78, 5) is 24.2. The second-order valence-corrected chi connectivity index (χ2v) is 5.22. The van der Waals surface area contributed by atoms with E-state index >= 15 is 0 Å². The number of Topliss-reactive ketones (excluding diaryl/α,β-unsaturated/α-hetero) is 1. The van der Waals surface area contributed by atoms with Crippen LogP contribution in [0.4, 0.5) is 8.78 Å². The molecule has 2 aromatic carbocycles. The van der Waals surface area contributed by atoms with Crippen molar-refractivity contribution >= 4 is 23.4 Å². The minimum Gasteiger partial charge on any atom is -0.497 e. The van der Waals surface area contributed by atoms with Gasteiger partial charge in [-0.05, 0) is 30.3 Å². The van der Waals surface area contributed by atoms with Crippen LogP contribution in [-0.4, -0.2) is 32.6 Å². The summed E-state index contributed by atoms with van der Waals surface area (Å²) in [5.41, 5.74) is -0.239. The van der Waals surface area contributed by atoms with Crippen LogP contribution in [0.25, 0.3) is 0 Å². The highest BCUT2D eigenvalue weighted by Crippen LogP contribution is 2.25. The van der Waals surface area contributed by atoms with Gasteiger partial charge in [0.1, 0.15) is 11.5 Å². The number of rotatable bonds is 6. The molecule has 0 aliphatic rings. The minimum absolute atomic E-state index is 0.144. The van der Waals surface area contributed by atoms with E-state index in [9.17, 15) is 18.4 Å². The van der Waals surface area contributed by atoms with E-state index in [-0.39, 0.29) is 21.9 Å². The summed E-state index contributed by atoms with van der Waals surface area (Å²) in [6, 6.07) is 5.82. The maximum absolute atomic E-state index is 13.2. The lowest BCUT2D eigenvalue weighted by Crippen LogP contribution is -2.16. The molecule has 0 saturated carbocycles. The lowest BCUT2D eigenvalue weighted by molar-refractivity contribution is 0.0473. The highest BCUT2D eigenvalue weighted by molar-refractivity contribution is 6.33. The van der Waals surface area contributed by atoms with Crippen molar-refractivity contribution in [2.75, 3.05) is 20.8 Å². The smallest absolute Gasteiger partial charge is 0.340 e. The van der Waals surface area contributed by atoms with Crippen molar-refractivity contribution in [3.8, 4) is 11.5 Å². The predicted octanol–water partition coefficient (Wildman–Crippen LogP) is 3.68. The Kier molecular flexibility index (Phi) is 5.93. The largest absolute Gasteiger partial charge is 0.497 e. The molecule has 0 amide bonds. The number of hydrogen-bond acceptors (Lipinski definition) is 5. The molecule has 0 fully saturated rings. The van der Waals surface area contributed by atoms with E-state index in [4.69, 9.17) is 25.8 Å². The van der Waals surface area contributed by atoms with Gasteiger partial charge in [0.05, 0.1) is 30.4 Å². The molecule has 0 N–H and O–H groups in total. The Hall–Kier alpha value is -2.67. The van der Waals surface area contributed by atoms with Crippen molar-refractivity contribution in [3.05, 3.63) is 58.1 Å². The first-order valence-corrected chi connectivity index (χ1v) is 7.32. The number of carbonyl (C=O) groups is 2. The first kappa shape index (κ1) is 18.7. The van der Waals surface area contributed by atoms with Crippen LogP contribution < -0.4 is 9.47 Å². The van der Waals surface area contributed by atoms with E-state index in [1.807, 2.05) is 0 Å². The number of hydrogen-bond donors (Lipinski definition) is 0. The first-order valence-electron chi connectivity index (χ1n) is 6.94. The molecule has 0 atom stereocenters. The van der Waals surface area contributed by atoms with Gasteiger partial charge < -0.3 is 14.2 Å². The van der Waals surface area contributed by atoms with Crippen LogP contribution in [0.5, 0.6) is 11.5 Å². The second kappa shape index (κ2) is 7.94. The lowest BCUT2D eigenvalue weighted by Gasteiger charge is -2.10. The molecule has 132 valence electrons. The third kappa shape index (κ3) is 4.24. The molecule has 0 spiro atoms. The summed E-state index contributed by atoms with van der Waals surface area (Å²) in [7, 11) is 2.81. The monoisotopic (exact) mass is 370 g/mol. The van der Waals surface area contributed by atoms with E-state index in [1.165, 1.54) is 26.4 Å². The standard InChI is InChI=1S/C17H13ClF2O5/c1-23-9-3-4-16(24-2)11(5-9)15(21)8-25-17(22)10-6-13(19)14(20)7-12(10)18/h3-7H,8H2,1-2H3. The van der Waals surface area contributed by atoms with Crippen LogP contribution in [0.3, 0.4) is 0 Å². The summed E-state index contributed by atoms with van der Waals surface area (Å²) >= 11 is 5.69. The maximum atomic E-state index is 13.2. The van der Waals surface area contributed by atoms with Gasteiger partial charge in [0, 0.05) is 0 Å². The van der Waals surface area contributed by atoms with Gasteiger partial charge >= 0.3 is 5.97 Å². The van der Waals surface area contributed by atoms with Crippen LogP contribution >= 0.6 is 11.6 Å². The summed E-state index contributed by atoms with van der Waals surface area (Å²) in [5.74, 6) is -3.38. The van der Waals surface area contributed by atoms with Gasteiger partial charge in [0.15, 0.2) is 18.2 Å². The SMILES string of the molecule is COc1ccc(OC)c(C(=O)COC(=O)c2cc(F)c(F)cc2Cl)c1. The quantitative estimate of drug-likeness (QED) is 0.441.